The normalized spacial score (nSPS) is 11.1. The van der Waals surface area contributed by atoms with Crippen LogP contribution < -0.4 is 20.3 Å². The van der Waals surface area contributed by atoms with Crippen molar-refractivity contribution < 1.29 is 23.9 Å². The minimum Gasteiger partial charge on any atom is -0.497 e. The quantitative estimate of drug-likeness (QED) is 0.441. The van der Waals surface area contributed by atoms with Crippen LogP contribution in [0.1, 0.15) is 26.3 Å². The van der Waals surface area contributed by atoms with Crippen molar-refractivity contribution in [1.82, 2.24) is 10.6 Å². The number of nitrogens with one attached hydrogen (secondary N) is 2. The van der Waals surface area contributed by atoms with Crippen molar-refractivity contribution in [2.75, 3.05) is 25.6 Å². The number of hydrogen-bond acceptors (Lipinski definition) is 5. The van der Waals surface area contributed by atoms with E-state index in [1.54, 1.807) is 50.6 Å². The SMILES string of the molecule is COc1ccc(N(C)C(=O)C(Cc2ccccc2)NC(=O)c2ccccc2C(=O)NCC=O)cc1. The third kappa shape index (κ3) is 6.54. The molecule has 1 unspecified atom stereocenters. The maximum absolute atomic E-state index is 13.5. The second kappa shape index (κ2) is 12.1. The molecule has 0 fully saturated rings. The molecule has 35 heavy (non-hydrogen) atoms. The number of carbonyl (C=O) groups is 4. The van der Waals surface area contributed by atoms with E-state index in [2.05, 4.69) is 10.6 Å². The molecule has 2 N–H and O–H groups in total. The zero-order chi connectivity index (χ0) is 25.2. The fraction of sp³-hybridized carbons (Fsp3) is 0.185. The highest BCUT2D eigenvalue weighted by molar-refractivity contribution is 6.09. The van der Waals surface area contributed by atoms with Crippen LogP contribution in [0.2, 0.25) is 0 Å². The Balaban J connectivity index is 1.87. The molecule has 0 spiro atoms. The van der Waals surface area contributed by atoms with Gasteiger partial charge in [0.15, 0.2) is 0 Å². The molecule has 0 bridgehead atoms. The van der Waals surface area contributed by atoms with E-state index in [-0.39, 0.29) is 30.0 Å². The first-order valence-electron chi connectivity index (χ1n) is 11.0. The largest absolute Gasteiger partial charge is 0.497 e. The fourth-order valence-electron chi connectivity index (χ4n) is 3.56. The molecule has 3 aromatic rings. The number of rotatable bonds is 10. The number of amides is 3. The van der Waals surface area contributed by atoms with Crippen molar-refractivity contribution in [3.63, 3.8) is 0 Å². The molecule has 1 atom stereocenters. The number of benzene rings is 3. The Morgan fingerprint density at radius 1 is 0.886 bits per heavy atom. The van der Waals surface area contributed by atoms with Gasteiger partial charge >= 0.3 is 0 Å². The number of anilines is 1. The molecule has 0 heterocycles. The van der Waals surface area contributed by atoms with Crippen LogP contribution in [0.3, 0.4) is 0 Å². The number of ether oxygens (including phenoxy) is 1. The third-order valence-corrected chi connectivity index (χ3v) is 5.44. The minimum atomic E-state index is -0.900. The van der Waals surface area contributed by atoms with Crippen LogP contribution in [0.4, 0.5) is 5.69 Å². The van der Waals surface area contributed by atoms with Crippen LogP contribution in [-0.4, -0.2) is 50.8 Å². The molecule has 180 valence electrons. The number of carbonyl (C=O) groups excluding carboxylic acids is 4. The van der Waals surface area contributed by atoms with Gasteiger partial charge in [-0.25, -0.2) is 0 Å². The summed E-state index contributed by atoms with van der Waals surface area (Å²) in [5.41, 5.74) is 1.72. The van der Waals surface area contributed by atoms with Crippen LogP contribution in [-0.2, 0) is 16.0 Å². The Hall–Kier alpha value is -4.46. The van der Waals surface area contributed by atoms with E-state index in [0.717, 1.165) is 5.56 Å². The molecule has 0 saturated carbocycles. The summed E-state index contributed by atoms with van der Waals surface area (Å²) in [6, 6.07) is 21.7. The van der Waals surface area contributed by atoms with Crippen LogP contribution >= 0.6 is 0 Å². The first-order valence-corrected chi connectivity index (χ1v) is 11.0. The average Bonchev–Trinajstić information content (AvgIpc) is 2.91. The highest BCUT2D eigenvalue weighted by Gasteiger charge is 2.27. The number of methoxy groups -OCH3 is 1. The number of nitrogens with zero attached hydrogens (tertiary/aromatic N) is 1. The fourth-order valence-corrected chi connectivity index (χ4v) is 3.56. The van der Waals surface area contributed by atoms with Gasteiger partial charge in [-0.3, -0.25) is 14.4 Å². The van der Waals surface area contributed by atoms with Gasteiger partial charge in [0.1, 0.15) is 18.1 Å². The summed E-state index contributed by atoms with van der Waals surface area (Å²) in [5, 5.41) is 5.24. The van der Waals surface area contributed by atoms with Crippen LogP contribution in [0, 0.1) is 0 Å². The molecule has 3 aromatic carbocycles. The Morgan fingerprint density at radius 3 is 2.09 bits per heavy atom. The van der Waals surface area contributed by atoms with Gasteiger partial charge in [0.2, 0.25) is 5.91 Å². The van der Waals surface area contributed by atoms with Gasteiger partial charge in [0, 0.05) is 19.2 Å². The summed E-state index contributed by atoms with van der Waals surface area (Å²) >= 11 is 0. The average molecular weight is 474 g/mol. The van der Waals surface area contributed by atoms with E-state index in [4.69, 9.17) is 4.74 Å². The van der Waals surface area contributed by atoms with Crippen molar-refractivity contribution in [3.05, 3.63) is 95.6 Å². The third-order valence-electron chi connectivity index (χ3n) is 5.44. The summed E-state index contributed by atoms with van der Waals surface area (Å²) in [6.07, 6.45) is 0.815. The van der Waals surface area contributed by atoms with Crippen LogP contribution in [0.5, 0.6) is 5.75 Å². The molecule has 8 heteroatoms. The molecule has 0 aromatic heterocycles. The van der Waals surface area contributed by atoms with E-state index < -0.39 is 17.9 Å². The molecule has 0 radical (unpaired) electrons. The van der Waals surface area contributed by atoms with Gasteiger partial charge in [-0.1, -0.05) is 42.5 Å². The molecular formula is C27H27N3O5. The molecule has 0 aliphatic rings. The van der Waals surface area contributed by atoms with E-state index in [1.165, 1.54) is 17.0 Å². The first-order chi connectivity index (χ1) is 16.9. The lowest BCUT2D eigenvalue weighted by Crippen LogP contribution is -2.49. The van der Waals surface area contributed by atoms with Crippen molar-refractivity contribution in [3.8, 4) is 5.75 Å². The van der Waals surface area contributed by atoms with Crippen LogP contribution in [0.25, 0.3) is 0 Å². The molecule has 0 aliphatic heterocycles. The molecule has 0 saturated heterocycles. The monoisotopic (exact) mass is 473 g/mol. The maximum Gasteiger partial charge on any atom is 0.252 e. The van der Waals surface area contributed by atoms with Gasteiger partial charge in [-0.05, 0) is 42.0 Å². The molecule has 3 amide bonds. The Morgan fingerprint density at radius 2 is 1.49 bits per heavy atom. The lowest BCUT2D eigenvalue weighted by atomic mass is 10.0. The summed E-state index contributed by atoms with van der Waals surface area (Å²) in [4.78, 5) is 51.3. The second-order valence-corrected chi connectivity index (χ2v) is 7.73. The summed E-state index contributed by atoms with van der Waals surface area (Å²) < 4.78 is 5.18. The van der Waals surface area contributed by atoms with Gasteiger partial charge in [-0.2, -0.15) is 0 Å². The van der Waals surface area contributed by atoms with Crippen molar-refractivity contribution in [1.29, 1.82) is 0 Å². The maximum atomic E-state index is 13.5. The van der Waals surface area contributed by atoms with Gasteiger partial charge < -0.3 is 25.1 Å². The lowest BCUT2D eigenvalue weighted by molar-refractivity contribution is -0.120. The van der Waals surface area contributed by atoms with Crippen molar-refractivity contribution >= 4 is 29.7 Å². The van der Waals surface area contributed by atoms with Crippen molar-refractivity contribution in [2.45, 2.75) is 12.5 Å². The molecule has 3 rings (SSSR count). The molecule has 8 nitrogen and oxygen atoms in total. The molecular weight excluding hydrogens is 446 g/mol. The van der Waals surface area contributed by atoms with E-state index >= 15 is 0 Å². The van der Waals surface area contributed by atoms with E-state index in [0.29, 0.717) is 17.7 Å². The van der Waals surface area contributed by atoms with E-state index in [9.17, 15) is 19.2 Å². The first kappa shape index (κ1) is 25.2. The minimum absolute atomic E-state index is 0.105. The second-order valence-electron chi connectivity index (χ2n) is 7.73. The summed E-state index contributed by atoms with van der Waals surface area (Å²) in [5.74, 6) is -0.785. The topological polar surface area (TPSA) is 105 Å². The summed E-state index contributed by atoms with van der Waals surface area (Å²) in [6.45, 7) is -0.170. The zero-order valence-corrected chi connectivity index (χ0v) is 19.6. The zero-order valence-electron chi connectivity index (χ0n) is 19.6. The van der Waals surface area contributed by atoms with Gasteiger partial charge in [0.05, 0.1) is 24.8 Å². The Kier molecular flexibility index (Phi) is 8.72. The lowest BCUT2D eigenvalue weighted by Gasteiger charge is -2.25. The van der Waals surface area contributed by atoms with Gasteiger partial charge in [-0.15, -0.1) is 0 Å². The predicted octanol–water partition coefficient (Wildman–Crippen LogP) is 2.63. The Labute approximate surface area is 203 Å². The van der Waals surface area contributed by atoms with Gasteiger partial charge in [0.25, 0.3) is 11.8 Å². The predicted molar refractivity (Wildman–Crippen MR) is 133 cm³/mol. The molecule has 0 aliphatic carbocycles. The smallest absolute Gasteiger partial charge is 0.252 e. The number of aldehydes is 1. The van der Waals surface area contributed by atoms with Crippen LogP contribution in [0.15, 0.2) is 78.9 Å². The highest BCUT2D eigenvalue weighted by Crippen LogP contribution is 2.20. The van der Waals surface area contributed by atoms with E-state index in [1.807, 2.05) is 30.3 Å². The number of likely N-dealkylation sites (N-methyl/N-ethyl adjacent to an activating group) is 1. The van der Waals surface area contributed by atoms with Crippen molar-refractivity contribution in [2.24, 2.45) is 0 Å². The standard InChI is InChI=1S/C27H27N3O5/c1-30(20-12-14-21(35-2)15-13-20)27(34)24(18-19-8-4-3-5-9-19)29-26(33)23-11-7-6-10-22(23)25(32)28-16-17-31/h3-15,17,24H,16,18H2,1-2H3,(H,28,32)(H,29,33). The summed E-state index contributed by atoms with van der Waals surface area (Å²) in [7, 11) is 3.20. The highest BCUT2D eigenvalue weighted by atomic mass is 16.5. The number of hydrogen-bond donors (Lipinski definition) is 2. The Bertz CT molecular complexity index is 1180.